The van der Waals surface area contributed by atoms with E-state index in [0.717, 1.165) is 11.1 Å². The molecule has 21 heavy (non-hydrogen) atoms. The van der Waals surface area contributed by atoms with Gasteiger partial charge in [0.2, 0.25) is 5.88 Å². The van der Waals surface area contributed by atoms with Gasteiger partial charge in [0.25, 0.3) is 0 Å². The Bertz CT molecular complexity index is 639. The third kappa shape index (κ3) is 4.00. The molecule has 0 atom stereocenters. The molecule has 0 saturated heterocycles. The molecule has 6 heteroatoms. The number of nitrogens with one attached hydrogen (secondary N) is 1. The lowest BCUT2D eigenvalue weighted by Gasteiger charge is -2.16. The fourth-order valence-electron chi connectivity index (χ4n) is 2.07. The van der Waals surface area contributed by atoms with Crippen LogP contribution in [0.2, 0.25) is 0 Å². The largest absolute Gasteiger partial charge is 0.468 e. The summed E-state index contributed by atoms with van der Waals surface area (Å²) in [5.41, 5.74) is 1.46. The summed E-state index contributed by atoms with van der Waals surface area (Å²) in [5, 5.41) is 4.64. The number of benzene rings is 1. The molecule has 114 valence electrons. The maximum absolute atomic E-state index is 12.3. The number of hydrogen-bond acceptors (Lipinski definition) is 3. The van der Waals surface area contributed by atoms with Crippen LogP contribution in [0.3, 0.4) is 0 Å². The summed E-state index contributed by atoms with van der Waals surface area (Å²) in [4.78, 5) is 4.07. The Morgan fingerprint density at radius 1 is 1.24 bits per heavy atom. The van der Waals surface area contributed by atoms with E-state index in [9.17, 15) is 13.2 Å². The van der Waals surface area contributed by atoms with Gasteiger partial charge >= 0.3 is 6.18 Å². The van der Waals surface area contributed by atoms with Gasteiger partial charge in [0, 0.05) is 28.2 Å². The molecule has 1 aromatic carbocycles. The molecule has 0 aliphatic rings. The molecule has 0 saturated carbocycles. The van der Waals surface area contributed by atoms with Gasteiger partial charge in [-0.15, -0.1) is 0 Å². The molecule has 0 bridgehead atoms. The zero-order valence-electron chi connectivity index (χ0n) is 12.1. The van der Waals surface area contributed by atoms with Crippen LogP contribution in [0.25, 0.3) is 10.8 Å². The van der Waals surface area contributed by atoms with E-state index in [0.29, 0.717) is 11.1 Å². The number of anilines is 1. The van der Waals surface area contributed by atoms with Gasteiger partial charge in [-0.05, 0) is 39.0 Å². The first kappa shape index (κ1) is 15.4. The first-order chi connectivity index (χ1) is 9.76. The van der Waals surface area contributed by atoms with E-state index in [2.05, 4.69) is 10.3 Å². The van der Waals surface area contributed by atoms with E-state index in [1.165, 1.54) is 0 Å². The van der Waals surface area contributed by atoms with E-state index < -0.39 is 12.8 Å². The molecule has 0 radical (unpaired) electrons. The van der Waals surface area contributed by atoms with Crippen LogP contribution in [0.4, 0.5) is 18.9 Å². The fraction of sp³-hybridized carbons (Fsp3) is 0.400. The third-order valence-corrected chi connectivity index (χ3v) is 2.78. The van der Waals surface area contributed by atoms with Gasteiger partial charge in [-0.1, -0.05) is 6.07 Å². The van der Waals surface area contributed by atoms with Gasteiger partial charge in [-0.25, -0.2) is 4.98 Å². The summed E-state index contributed by atoms with van der Waals surface area (Å²) in [6.45, 7) is 4.37. The van der Waals surface area contributed by atoms with Crippen LogP contribution < -0.4 is 10.1 Å². The predicted molar refractivity (Wildman–Crippen MR) is 76.8 cm³/mol. The second-order valence-corrected chi connectivity index (χ2v) is 5.17. The van der Waals surface area contributed by atoms with E-state index in [1.807, 2.05) is 26.0 Å². The molecule has 2 rings (SSSR count). The molecule has 0 amide bonds. The molecule has 2 aromatic rings. The number of pyridine rings is 1. The predicted octanol–water partition coefficient (Wildman–Crippen LogP) is 4.30. The molecule has 1 aromatic heterocycles. The SMILES string of the molecule is Cc1cc2c(NC(C)C)cccc2c(OCC(F)(F)F)n1. The standard InChI is InChI=1S/C15H17F3N2O/c1-9(2)19-13-6-4-5-11-12(13)7-10(3)20-14(11)21-8-15(16,17)18/h4-7,9,19H,8H2,1-3H3. The van der Waals surface area contributed by atoms with Gasteiger partial charge in [0.15, 0.2) is 6.61 Å². The van der Waals surface area contributed by atoms with Gasteiger partial charge < -0.3 is 10.1 Å². The molecule has 1 N–H and O–H groups in total. The number of halogens is 3. The highest BCUT2D eigenvalue weighted by Gasteiger charge is 2.29. The number of aryl methyl sites for hydroxylation is 1. The molecule has 0 fully saturated rings. The van der Waals surface area contributed by atoms with Crippen molar-refractivity contribution in [2.45, 2.75) is 33.0 Å². The van der Waals surface area contributed by atoms with Crippen molar-refractivity contribution in [3.8, 4) is 5.88 Å². The Hall–Kier alpha value is -1.98. The zero-order valence-corrected chi connectivity index (χ0v) is 12.1. The van der Waals surface area contributed by atoms with Crippen molar-refractivity contribution in [3.63, 3.8) is 0 Å². The van der Waals surface area contributed by atoms with E-state index in [-0.39, 0.29) is 11.9 Å². The molecular formula is C15H17F3N2O. The summed E-state index contributed by atoms with van der Waals surface area (Å²) >= 11 is 0. The minimum Gasteiger partial charge on any atom is -0.468 e. The van der Waals surface area contributed by atoms with Crippen LogP contribution in [0, 0.1) is 6.92 Å². The average Bonchev–Trinajstić information content (AvgIpc) is 2.35. The summed E-state index contributed by atoms with van der Waals surface area (Å²) in [6.07, 6.45) is -4.38. The lowest BCUT2D eigenvalue weighted by atomic mass is 10.1. The quantitative estimate of drug-likeness (QED) is 0.913. The number of aromatic nitrogens is 1. The first-order valence-electron chi connectivity index (χ1n) is 6.63. The monoisotopic (exact) mass is 298 g/mol. The number of alkyl halides is 3. The topological polar surface area (TPSA) is 34.1 Å². The smallest absolute Gasteiger partial charge is 0.422 e. The first-order valence-corrected chi connectivity index (χ1v) is 6.63. The average molecular weight is 298 g/mol. The normalized spacial score (nSPS) is 12.0. The maximum atomic E-state index is 12.3. The lowest BCUT2D eigenvalue weighted by molar-refractivity contribution is -0.153. The third-order valence-electron chi connectivity index (χ3n) is 2.78. The fourth-order valence-corrected chi connectivity index (χ4v) is 2.07. The van der Waals surface area contributed by atoms with Crippen molar-refractivity contribution < 1.29 is 17.9 Å². The Morgan fingerprint density at radius 2 is 1.95 bits per heavy atom. The summed E-state index contributed by atoms with van der Waals surface area (Å²) in [5.74, 6) is 0.00901. The number of nitrogens with zero attached hydrogens (tertiary/aromatic N) is 1. The Balaban J connectivity index is 2.46. The molecule has 3 nitrogen and oxygen atoms in total. The molecule has 0 spiro atoms. The summed E-state index contributed by atoms with van der Waals surface area (Å²) < 4.78 is 41.8. The van der Waals surface area contributed by atoms with Crippen molar-refractivity contribution in [3.05, 3.63) is 30.0 Å². The van der Waals surface area contributed by atoms with Crippen LogP contribution in [-0.2, 0) is 0 Å². The van der Waals surface area contributed by atoms with Crippen LogP contribution in [0.15, 0.2) is 24.3 Å². The summed E-state index contributed by atoms with van der Waals surface area (Å²) in [7, 11) is 0. The van der Waals surface area contributed by atoms with Crippen LogP contribution in [-0.4, -0.2) is 23.8 Å². The van der Waals surface area contributed by atoms with Crippen molar-refractivity contribution >= 4 is 16.5 Å². The van der Waals surface area contributed by atoms with Crippen molar-refractivity contribution in [1.29, 1.82) is 0 Å². The van der Waals surface area contributed by atoms with Gasteiger partial charge in [0.1, 0.15) is 0 Å². The molecule has 0 aliphatic carbocycles. The Morgan fingerprint density at radius 3 is 2.57 bits per heavy atom. The van der Waals surface area contributed by atoms with E-state index in [4.69, 9.17) is 4.74 Å². The van der Waals surface area contributed by atoms with Crippen molar-refractivity contribution in [1.82, 2.24) is 4.98 Å². The number of ether oxygens (including phenoxy) is 1. The minimum atomic E-state index is -4.38. The molecule has 0 unspecified atom stereocenters. The van der Waals surface area contributed by atoms with Crippen LogP contribution >= 0.6 is 0 Å². The van der Waals surface area contributed by atoms with Gasteiger partial charge in [-0.3, -0.25) is 0 Å². The Kier molecular flexibility index (Phi) is 4.25. The zero-order chi connectivity index (χ0) is 15.6. The molecule has 1 heterocycles. The minimum absolute atomic E-state index is 0.00901. The number of fused-ring (bicyclic) bond motifs is 1. The second-order valence-electron chi connectivity index (χ2n) is 5.17. The van der Waals surface area contributed by atoms with Crippen molar-refractivity contribution in [2.24, 2.45) is 0 Å². The molecular weight excluding hydrogens is 281 g/mol. The summed E-state index contributed by atoms with van der Waals surface area (Å²) in [6, 6.07) is 7.41. The van der Waals surface area contributed by atoms with E-state index in [1.54, 1.807) is 19.1 Å². The highest BCUT2D eigenvalue weighted by molar-refractivity contribution is 5.97. The number of rotatable bonds is 4. The second kappa shape index (κ2) is 5.79. The molecule has 0 aliphatic heterocycles. The highest BCUT2D eigenvalue weighted by atomic mass is 19.4. The van der Waals surface area contributed by atoms with Crippen LogP contribution in [0.5, 0.6) is 5.88 Å². The number of hydrogen-bond donors (Lipinski definition) is 1. The van der Waals surface area contributed by atoms with Gasteiger partial charge in [0.05, 0.1) is 0 Å². The highest BCUT2D eigenvalue weighted by Crippen LogP contribution is 2.31. The van der Waals surface area contributed by atoms with E-state index >= 15 is 0 Å². The Labute approximate surface area is 121 Å². The van der Waals surface area contributed by atoms with Crippen molar-refractivity contribution in [2.75, 3.05) is 11.9 Å². The lowest BCUT2D eigenvalue weighted by Crippen LogP contribution is -2.20. The van der Waals surface area contributed by atoms with Gasteiger partial charge in [-0.2, -0.15) is 13.2 Å². The van der Waals surface area contributed by atoms with Crippen LogP contribution in [0.1, 0.15) is 19.5 Å². The maximum Gasteiger partial charge on any atom is 0.422 e.